The van der Waals surface area contributed by atoms with Crippen LogP contribution in [0.5, 0.6) is 0 Å². The first-order chi connectivity index (χ1) is 9.71. The highest BCUT2D eigenvalue weighted by molar-refractivity contribution is 5.67. The van der Waals surface area contributed by atoms with E-state index in [1.54, 1.807) is 11.9 Å². The van der Waals surface area contributed by atoms with Crippen LogP contribution in [0.25, 0.3) is 0 Å². The minimum absolute atomic E-state index is 0.303. The van der Waals surface area contributed by atoms with E-state index in [0.717, 1.165) is 17.7 Å². The zero-order valence-electron chi connectivity index (χ0n) is 14.1. The number of ether oxygens (including phenoxy) is 1. The van der Waals surface area contributed by atoms with Crippen molar-refractivity contribution >= 4 is 11.8 Å². The van der Waals surface area contributed by atoms with E-state index in [2.05, 4.69) is 25.2 Å². The topological polar surface area (TPSA) is 41.6 Å². The van der Waals surface area contributed by atoms with Crippen molar-refractivity contribution in [2.75, 3.05) is 12.4 Å². The quantitative estimate of drug-likeness (QED) is 0.881. The van der Waals surface area contributed by atoms with Crippen molar-refractivity contribution in [3.05, 3.63) is 29.8 Å². The molecule has 0 aliphatic rings. The van der Waals surface area contributed by atoms with Gasteiger partial charge in [-0.3, -0.25) is 0 Å². The molecule has 0 bridgehead atoms. The molecule has 4 heteroatoms. The van der Waals surface area contributed by atoms with Gasteiger partial charge in [0.25, 0.3) is 0 Å². The monoisotopic (exact) mass is 292 g/mol. The Labute approximate surface area is 128 Å². The van der Waals surface area contributed by atoms with Crippen LogP contribution in [0.15, 0.2) is 24.3 Å². The molecule has 21 heavy (non-hydrogen) atoms. The highest BCUT2D eigenvalue weighted by Crippen LogP contribution is 2.15. The third kappa shape index (κ3) is 6.52. The Hall–Kier alpha value is -1.71. The van der Waals surface area contributed by atoms with Crippen LogP contribution < -0.4 is 5.32 Å². The van der Waals surface area contributed by atoms with Gasteiger partial charge < -0.3 is 15.0 Å². The third-order valence-corrected chi connectivity index (χ3v) is 3.08. The first-order valence-electron chi connectivity index (χ1n) is 7.51. The molecular weight excluding hydrogens is 264 g/mol. The molecule has 118 valence electrons. The van der Waals surface area contributed by atoms with E-state index < -0.39 is 5.60 Å². The lowest BCUT2D eigenvalue weighted by atomic mass is 10.1. The molecule has 0 heterocycles. The van der Waals surface area contributed by atoms with Crippen molar-refractivity contribution in [1.82, 2.24) is 4.90 Å². The molecular formula is C17H28N2O2. The van der Waals surface area contributed by atoms with Gasteiger partial charge in [0.15, 0.2) is 0 Å². The van der Waals surface area contributed by atoms with Crippen molar-refractivity contribution in [1.29, 1.82) is 0 Å². The van der Waals surface area contributed by atoms with Crippen molar-refractivity contribution < 1.29 is 9.53 Å². The summed E-state index contributed by atoms with van der Waals surface area (Å²) in [6.07, 6.45) is 0.768. The molecule has 4 nitrogen and oxygen atoms in total. The average Bonchev–Trinajstić information content (AvgIpc) is 2.37. The lowest BCUT2D eigenvalue weighted by Crippen LogP contribution is -2.33. The molecule has 0 spiro atoms. The Kier molecular flexibility index (Phi) is 6.06. The van der Waals surface area contributed by atoms with Gasteiger partial charge in [0.1, 0.15) is 5.60 Å². The normalized spacial score (nSPS) is 12.7. The van der Waals surface area contributed by atoms with Crippen LogP contribution in [0.4, 0.5) is 10.5 Å². The zero-order valence-corrected chi connectivity index (χ0v) is 14.1. The molecule has 1 rings (SSSR count). The Bertz CT molecular complexity index is 466. The van der Waals surface area contributed by atoms with Crippen LogP contribution in [-0.4, -0.2) is 29.7 Å². The van der Waals surface area contributed by atoms with Crippen LogP contribution in [0.2, 0.25) is 0 Å². The maximum absolute atomic E-state index is 12.0. The summed E-state index contributed by atoms with van der Waals surface area (Å²) < 4.78 is 5.36. The first-order valence-corrected chi connectivity index (χ1v) is 7.51. The zero-order chi connectivity index (χ0) is 16.0. The number of nitrogens with zero attached hydrogens (tertiary/aromatic N) is 1. The van der Waals surface area contributed by atoms with Crippen LogP contribution >= 0.6 is 0 Å². The number of carbonyl (C=O) groups is 1. The maximum atomic E-state index is 12.0. The van der Waals surface area contributed by atoms with Gasteiger partial charge in [-0.25, -0.2) is 4.79 Å². The molecule has 0 radical (unpaired) electrons. The van der Waals surface area contributed by atoms with E-state index in [9.17, 15) is 4.79 Å². The molecule has 1 aromatic carbocycles. The second-order valence-corrected chi connectivity index (χ2v) is 6.49. The van der Waals surface area contributed by atoms with Gasteiger partial charge in [-0.1, -0.05) is 19.1 Å². The fourth-order valence-electron chi connectivity index (χ4n) is 1.82. The minimum atomic E-state index is -0.467. The lowest BCUT2D eigenvalue weighted by molar-refractivity contribution is 0.0285. The van der Waals surface area contributed by atoms with Gasteiger partial charge in [-0.15, -0.1) is 0 Å². The van der Waals surface area contributed by atoms with Crippen LogP contribution in [0, 0.1) is 0 Å². The predicted octanol–water partition coefficient (Wildman–Crippen LogP) is 4.26. The van der Waals surface area contributed by atoms with Gasteiger partial charge in [-0.05, 0) is 51.8 Å². The highest BCUT2D eigenvalue weighted by atomic mass is 16.6. The Morgan fingerprint density at radius 3 is 2.62 bits per heavy atom. The van der Waals surface area contributed by atoms with Gasteiger partial charge in [0.2, 0.25) is 0 Å². The number of nitrogens with one attached hydrogen (secondary N) is 1. The largest absolute Gasteiger partial charge is 0.444 e. The fourth-order valence-corrected chi connectivity index (χ4v) is 1.82. The molecule has 1 atom stereocenters. The van der Waals surface area contributed by atoms with Crippen molar-refractivity contribution in [2.24, 2.45) is 0 Å². The summed E-state index contributed by atoms with van der Waals surface area (Å²) >= 11 is 0. The second kappa shape index (κ2) is 7.34. The second-order valence-electron chi connectivity index (χ2n) is 6.49. The predicted molar refractivity (Wildman–Crippen MR) is 87.5 cm³/mol. The Morgan fingerprint density at radius 1 is 1.38 bits per heavy atom. The lowest BCUT2D eigenvalue weighted by Gasteiger charge is -2.25. The summed E-state index contributed by atoms with van der Waals surface area (Å²) in [6, 6.07) is 8.57. The SMILES string of the molecule is CCC(C)Nc1cccc(CN(C)C(=O)OC(C)(C)C)c1. The summed E-state index contributed by atoms with van der Waals surface area (Å²) in [5.41, 5.74) is 1.70. The summed E-state index contributed by atoms with van der Waals surface area (Å²) in [6.45, 7) is 10.4. The number of benzene rings is 1. The number of amides is 1. The highest BCUT2D eigenvalue weighted by Gasteiger charge is 2.19. The van der Waals surface area contributed by atoms with E-state index in [0.29, 0.717) is 12.6 Å². The molecule has 1 amide bonds. The fraction of sp³-hybridized carbons (Fsp3) is 0.588. The number of anilines is 1. The molecule has 0 aromatic heterocycles. The number of hydrogen-bond acceptors (Lipinski definition) is 3. The van der Waals surface area contributed by atoms with E-state index in [4.69, 9.17) is 4.74 Å². The minimum Gasteiger partial charge on any atom is -0.444 e. The van der Waals surface area contributed by atoms with Gasteiger partial charge in [0, 0.05) is 25.3 Å². The van der Waals surface area contributed by atoms with Crippen molar-refractivity contribution in [3.8, 4) is 0 Å². The van der Waals surface area contributed by atoms with Crippen LogP contribution in [0.3, 0.4) is 0 Å². The van der Waals surface area contributed by atoms with E-state index in [1.165, 1.54) is 0 Å². The van der Waals surface area contributed by atoms with Gasteiger partial charge in [0.05, 0.1) is 0 Å². The summed E-state index contributed by atoms with van der Waals surface area (Å²) in [4.78, 5) is 13.6. The Balaban J connectivity index is 2.66. The van der Waals surface area contributed by atoms with Crippen LogP contribution in [-0.2, 0) is 11.3 Å². The molecule has 0 saturated heterocycles. The van der Waals surface area contributed by atoms with E-state index in [1.807, 2.05) is 39.0 Å². The maximum Gasteiger partial charge on any atom is 0.410 e. The van der Waals surface area contributed by atoms with Gasteiger partial charge >= 0.3 is 6.09 Å². The molecule has 1 aromatic rings. The summed E-state index contributed by atoms with van der Waals surface area (Å²) in [5.74, 6) is 0. The molecule has 0 fully saturated rings. The third-order valence-electron chi connectivity index (χ3n) is 3.08. The smallest absolute Gasteiger partial charge is 0.410 e. The average molecular weight is 292 g/mol. The molecule has 1 N–H and O–H groups in total. The summed E-state index contributed by atoms with van der Waals surface area (Å²) in [7, 11) is 1.75. The van der Waals surface area contributed by atoms with Gasteiger partial charge in [-0.2, -0.15) is 0 Å². The molecule has 0 aliphatic heterocycles. The number of rotatable bonds is 5. The summed E-state index contributed by atoms with van der Waals surface area (Å²) in [5, 5.41) is 3.44. The van der Waals surface area contributed by atoms with E-state index in [-0.39, 0.29) is 6.09 Å². The van der Waals surface area contributed by atoms with Crippen LogP contribution in [0.1, 0.15) is 46.6 Å². The number of hydrogen-bond donors (Lipinski definition) is 1. The van der Waals surface area contributed by atoms with E-state index >= 15 is 0 Å². The van der Waals surface area contributed by atoms with Crippen molar-refractivity contribution in [2.45, 2.75) is 59.2 Å². The first kappa shape index (κ1) is 17.3. The molecule has 0 aliphatic carbocycles. The Morgan fingerprint density at radius 2 is 2.05 bits per heavy atom. The molecule has 1 unspecified atom stereocenters. The number of carbonyl (C=O) groups excluding carboxylic acids is 1. The van der Waals surface area contributed by atoms with Crippen molar-refractivity contribution in [3.63, 3.8) is 0 Å². The standard InChI is InChI=1S/C17H28N2O2/c1-7-13(2)18-15-10-8-9-14(11-15)12-19(6)16(20)21-17(3,4)5/h8-11,13,18H,7,12H2,1-6H3. The molecule has 0 saturated carbocycles.